The Hall–Kier alpha value is -1.21. The molecule has 0 unspecified atom stereocenters. The molecule has 5 nitrogen and oxygen atoms in total. The van der Waals surface area contributed by atoms with Gasteiger partial charge in [0.05, 0.1) is 16.8 Å². The van der Waals surface area contributed by atoms with Gasteiger partial charge in [-0.15, -0.1) is 0 Å². The third kappa shape index (κ3) is 3.71. The molecule has 2 aliphatic rings. The van der Waals surface area contributed by atoms with Gasteiger partial charge in [-0.25, -0.2) is 13.4 Å². The normalized spacial score (nSPS) is 19.4. The van der Waals surface area contributed by atoms with E-state index in [0.717, 1.165) is 22.7 Å². The fraction of sp³-hybridized carbons (Fsp3) is 0.500. The third-order valence-corrected chi connectivity index (χ3v) is 5.23. The van der Waals surface area contributed by atoms with Crippen molar-refractivity contribution in [2.45, 2.75) is 37.0 Å². The molecule has 1 fully saturated rings. The maximum absolute atomic E-state index is 11.3. The zero-order valence-electron chi connectivity index (χ0n) is 11.9. The van der Waals surface area contributed by atoms with Crippen LogP contribution < -0.4 is 9.44 Å². The molecule has 21 heavy (non-hydrogen) atoms. The lowest BCUT2D eigenvalue weighted by Gasteiger charge is -2.26. The fourth-order valence-corrected chi connectivity index (χ4v) is 4.16. The van der Waals surface area contributed by atoms with E-state index in [4.69, 9.17) is 4.99 Å². The summed E-state index contributed by atoms with van der Waals surface area (Å²) in [6, 6.07) is 5.45. The molecular formula is C14H19N3O2S2. The molecule has 7 heteroatoms. The summed E-state index contributed by atoms with van der Waals surface area (Å²) in [6.07, 6.45) is 7.44. The summed E-state index contributed by atoms with van der Waals surface area (Å²) in [6.45, 7) is 0. The van der Waals surface area contributed by atoms with Crippen molar-refractivity contribution < 1.29 is 8.42 Å². The lowest BCUT2D eigenvalue weighted by Crippen LogP contribution is -2.29. The summed E-state index contributed by atoms with van der Waals surface area (Å²) in [7, 11) is -3.25. The van der Waals surface area contributed by atoms with Crippen molar-refractivity contribution in [3.05, 3.63) is 18.2 Å². The number of sulfonamides is 1. The van der Waals surface area contributed by atoms with Crippen LogP contribution in [-0.4, -0.2) is 20.5 Å². The molecule has 0 amide bonds. The second kappa shape index (κ2) is 5.88. The Labute approximate surface area is 129 Å². The van der Waals surface area contributed by atoms with Crippen LogP contribution in [0.15, 0.2) is 28.1 Å². The number of anilines is 1. The van der Waals surface area contributed by atoms with E-state index in [-0.39, 0.29) is 0 Å². The highest BCUT2D eigenvalue weighted by atomic mass is 32.2. The van der Waals surface area contributed by atoms with Crippen molar-refractivity contribution in [3.8, 4) is 0 Å². The van der Waals surface area contributed by atoms with E-state index < -0.39 is 10.0 Å². The van der Waals surface area contributed by atoms with Crippen LogP contribution in [0.1, 0.15) is 32.1 Å². The Kier molecular flexibility index (Phi) is 4.12. The molecule has 1 aliphatic heterocycles. The zero-order valence-corrected chi connectivity index (χ0v) is 13.6. The molecule has 1 heterocycles. The largest absolute Gasteiger partial charge is 0.313 e. The number of aliphatic imine (C=N–C) groups is 1. The first-order valence-corrected chi connectivity index (χ1v) is 9.85. The zero-order chi connectivity index (χ0) is 14.9. The van der Waals surface area contributed by atoms with Crippen molar-refractivity contribution in [3.63, 3.8) is 0 Å². The topological polar surface area (TPSA) is 70.6 Å². The summed E-state index contributed by atoms with van der Waals surface area (Å²) in [5, 5.41) is 0. The van der Waals surface area contributed by atoms with Gasteiger partial charge >= 0.3 is 0 Å². The highest BCUT2D eigenvalue weighted by Gasteiger charge is 2.23. The van der Waals surface area contributed by atoms with Crippen LogP contribution in [0, 0.1) is 5.92 Å². The predicted molar refractivity (Wildman–Crippen MR) is 87.6 cm³/mol. The summed E-state index contributed by atoms with van der Waals surface area (Å²) in [4.78, 5) is 5.66. The Bertz CT molecular complexity index is 665. The molecule has 0 atom stereocenters. The van der Waals surface area contributed by atoms with Crippen molar-refractivity contribution in [1.29, 1.82) is 0 Å². The van der Waals surface area contributed by atoms with E-state index in [0.29, 0.717) is 11.6 Å². The fourth-order valence-electron chi connectivity index (χ4n) is 2.78. The molecule has 0 bridgehead atoms. The maximum atomic E-state index is 11.3. The molecule has 1 aromatic carbocycles. The predicted octanol–water partition coefficient (Wildman–Crippen LogP) is 3.28. The molecule has 0 saturated heterocycles. The van der Waals surface area contributed by atoms with Gasteiger partial charge in [-0.3, -0.25) is 4.72 Å². The number of hydrogen-bond donors (Lipinski definition) is 2. The smallest absolute Gasteiger partial charge is 0.229 e. The number of fused-ring (bicyclic) bond motifs is 1. The molecular weight excluding hydrogens is 306 g/mol. The minimum absolute atomic E-state index is 0.535. The molecule has 1 aromatic rings. The van der Waals surface area contributed by atoms with Crippen LogP contribution in [0.3, 0.4) is 0 Å². The summed E-state index contributed by atoms with van der Waals surface area (Å²) in [5.74, 6) is 1.60. The Balaban J connectivity index is 1.81. The van der Waals surface area contributed by atoms with Crippen LogP contribution >= 0.6 is 11.9 Å². The van der Waals surface area contributed by atoms with Crippen molar-refractivity contribution in [2.24, 2.45) is 10.9 Å². The van der Waals surface area contributed by atoms with Gasteiger partial charge in [0, 0.05) is 11.6 Å². The van der Waals surface area contributed by atoms with E-state index in [1.54, 1.807) is 6.07 Å². The number of nitrogens with zero attached hydrogens (tertiary/aromatic N) is 1. The van der Waals surface area contributed by atoms with Crippen LogP contribution in [-0.2, 0) is 10.0 Å². The highest BCUT2D eigenvalue weighted by Crippen LogP contribution is 2.36. The SMILES string of the molecule is CS(=O)(=O)Nc1ccc2c(c1)SNC(C1CCCCC1)=N2. The highest BCUT2D eigenvalue weighted by molar-refractivity contribution is 7.98. The molecule has 2 N–H and O–H groups in total. The van der Waals surface area contributed by atoms with E-state index >= 15 is 0 Å². The minimum Gasteiger partial charge on any atom is -0.313 e. The Morgan fingerprint density at radius 2 is 2.05 bits per heavy atom. The molecule has 1 saturated carbocycles. The van der Waals surface area contributed by atoms with Crippen LogP contribution in [0.25, 0.3) is 0 Å². The van der Waals surface area contributed by atoms with Crippen LogP contribution in [0.4, 0.5) is 11.4 Å². The van der Waals surface area contributed by atoms with E-state index in [1.807, 2.05) is 12.1 Å². The second-order valence-corrected chi connectivity index (χ2v) is 8.19. The quantitative estimate of drug-likeness (QED) is 0.837. The number of hydrogen-bond acceptors (Lipinski definition) is 5. The number of rotatable bonds is 3. The third-order valence-electron chi connectivity index (χ3n) is 3.76. The average molecular weight is 325 g/mol. The number of nitrogens with one attached hydrogen (secondary N) is 2. The Morgan fingerprint density at radius 3 is 2.76 bits per heavy atom. The van der Waals surface area contributed by atoms with Crippen LogP contribution in [0.5, 0.6) is 0 Å². The summed E-state index contributed by atoms with van der Waals surface area (Å²) in [5.41, 5.74) is 1.49. The lowest BCUT2D eigenvalue weighted by molar-refractivity contribution is 0.436. The molecule has 0 radical (unpaired) electrons. The first-order valence-electron chi connectivity index (χ1n) is 7.14. The van der Waals surface area contributed by atoms with Gasteiger partial charge in [-0.1, -0.05) is 19.3 Å². The second-order valence-electron chi connectivity index (χ2n) is 5.59. The molecule has 0 aromatic heterocycles. The molecule has 114 valence electrons. The van der Waals surface area contributed by atoms with Gasteiger partial charge in [0.25, 0.3) is 0 Å². The van der Waals surface area contributed by atoms with E-state index in [2.05, 4.69) is 9.44 Å². The molecule has 3 rings (SSSR count). The standard InChI is InChI=1S/C14H19N3O2S2/c1-21(18,19)17-11-7-8-12-13(9-11)20-16-14(15-12)10-5-3-2-4-6-10/h7-10,17H,2-6H2,1H3,(H,15,16). The van der Waals surface area contributed by atoms with Gasteiger partial charge in [0.2, 0.25) is 10.0 Å². The van der Waals surface area contributed by atoms with E-state index in [9.17, 15) is 8.42 Å². The molecule has 0 spiro atoms. The number of amidine groups is 1. The maximum Gasteiger partial charge on any atom is 0.229 e. The van der Waals surface area contributed by atoms with Gasteiger partial charge in [0.1, 0.15) is 5.84 Å². The van der Waals surface area contributed by atoms with Crippen LogP contribution in [0.2, 0.25) is 0 Å². The lowest BCUT2D eigenvalue weighted by atomic mass is 9.88. The number of benzene rings is 1. The van der Waals surface area contributed by atoms with Crippen molar-refractivity contribution in [1.82, 2.24) is 4.72 Å². The summed E-state index contributed by atoms with van der Waals surface area (Å²) >= 11 is 1.52. The van der Waals surface area contributed by atoms with Gasteiger partial charge in [0.15, 0.2) is 0 Å². The van der Waals surface area contributed by atoms with Gasteiger partial charge < -0.3 is 4.72 Å². The van der Waals surface area contributed by atoms with Gasteiger partial charge in [-0.2, -0.15) is 0 Å². The van der Waals surface area contributed by atoms with E-state index in [1.165, 1.54) is 44.1 Å². The van der Waals surface area contributed by atoms with Crippen molar-refractivity contribution in [2.75, 3.05) is 11.0 Å². The Morgan fingerprint density at radius 1 is 1.29 bits per heavy atom. The molecule has 1 aliphatic carbocycles. The van der Waals surface area contributed by atoms with Gasteiger partial charge in [-0.05, 0) is 43.0 Å². The monoisotopic (exact) mass is 325 g/mol. The average Bonchev–Trinajstić information content (AvgIpc) is 2.46. The first kappa shape index (κ1) is 14.7. The first-order chi connectivity index (χ1) is 10.0. The van der Waals surface area contributed by atoms with Crippen molar-refractivity contribution >= 4 is 39.2 Å². The minimum atomic E-state index is -3.25. The summed E-state index contributed by atoms with van der Waals surface area (Å²) < 4.78 is 28.3.